The van der Waals surface area contributed by atoms with Gasteiger partial charge in [0.1, 0.15) is 0 Å². The summed E-state index contributed by atoms with van der Waals surface area (Å²) in [5, 5.41) is 11.0. The van der Waals surface area contributed by atoms with Gasteiger partial charge in [0.05, 0.1) is 47.5 Å². The van der Waals surface area contributed by atoms with Gasteiger partial charge in [-0.15, -0.1) is 0 Å². The van der Waals surface area contributed by atoms with E-state index in [0.717, 1.165) is 0 Å². The van der Waals surface area contributed by atoms with E-state index in [2.05, 4.69) is 0 Å². The van der Waals surface area contributed by atoms with Crippen LogP contribution in [0, 0.1) is 0 Å². The number of fused-ring (bicyclic) bond motifs is 3. The van der Waals surface area contributed by atoms with Crippen LogP contribution in [-0.2, 0) is 6.61 Å². The first-order chi connectivity index (χ1) is 13.1. The quantitative estimate of drug-likeness (QED) is 0.518. The smallest absolute Gasteiger partial charge is 0.344 e. The zero-order valence-corrected chi connectivity index (χ0v) is 15.7. The monoisotopic (exact) mass is 376 g/mol. The first-order valence-corrected chi connectivity index (χ1v) is 8.00. The zero-order valence-electron chi connectivity index (χ0n) is 15.7. The molecule has 2 aromatic carbocycles. The van der Waals surface area contributed by atoms with Gasteiger partial charge in [0, 0.05) is 10.8 Å². The molecule has 0 aliphatic carbocycles. The molecule has 1 N–H and O–H groups in total. The number of aliphatic hydroxyl groups is 1. The summed E-state index contributed by atoms with van der Waals surface area (Å²) < 4.78 is 32.5. The maximum atomic E-state index is 12.7. The molecule has 27 heavy (non-hydrogen) atoms. The first kappa shape index (κ1) is 18.7. The van der Waals surface area contributed by atoms with Gasteiger partial charge in [-0.05, 0) is 17.7 Å². The Labute approximate surface area is 154 Å². The summed E-state index contributed by atoms with van der Waals surface area (Å²) in [4.78, 5) is 12.7. The van der Waals surface area contributed by atoms with Crippen LogP contribution in [-0.4, -0.2) is 40.7 Å². The second-order valence-corrected chi connectivity index (χ2v) is 5.59. The number of rotatable bonds is 6. The van der Waals surface area contributed by atoms with Gasteiger partial charge in [0.2, 0.25) is 11.5 Å². The van der Waals surface area contributed by atoms with Crippen LogP contribution in [0.2, 0.25) is 0 Å². The Kier molecular flexibility index (Phi) is 5.00. The van der Waals surface area contributed by atoms with Crippen molar-refractivity contribution in [2.45, 2.75) is 6.61 Å². The Morgan fingerprint density at radius 2 is 1.41 bits per heavy atom. The lowest BCUT2D eigenvalue weighted by Crippen LogP contribution is -2.06. The number of ether oxygens (including phenoxy) is 5. The summed E-state index contributed by atoms with van der Waals surface area (Å²) in [6.07, 6.45) is 0. The molecule has 0 saturated heterocycles. The zero-order chi connectivity index (χ0) is 19.7. The molecule has 0 fully saturated rings. The summed E-state index contributed by atoms with van der Waals surface area (Å²) in [6.45, 7) is -0.322. The van der Waals surface area contributed by atoms with Crippen molar-refractivity contribution in [3.63, 3.8) is 0 Å². The lowest BCUT2D eigenvalue weighted by atomic mass is 10.00. The minimum atomic E-state index is -0.618. The van der Waals surface area contributed by atoms with E-state index >= 15 is 0 Å². The van der Waals surface area contributed by atoms with Crippen molar-refractivity contribution in [3.05, 3.63) is 28.1 Å². The van der Waals surface area contributed by atoms with Crippen molar-refractivity contribution in [2.24, 2.45) is 0 Å². The van der Waals surface area contributed by atoms with E-state index in [0.29, 0.717) is 33.6 Å². The van der Waals surface area contributed by atoms with E-state index in [4.69, 9.17) is 28.1 Å². The van der Waals surface area contributed by atoms with Crippen LogP contribution < -0.4 is 29.3 Å². The second kappa shape index (κ2) is 7.24. The van der Waals surface area contributed by atoms with E-state index in [1.807, 2.05) is 0 Å². The third-order valence-corrected chi connectivity index (χ3v) is 4.37. The minimum absolute atomic E-state index is 0.143. The maximum Gasteiger partial charge on any atom is 0.344 e. The molecule has 0 radical (unpaired) electrons. The summed E-state index contributed by atoms with van der Waals surface area (Å²) in [5.41, 5.74) is -0.00182. The first-order valence-electron chi connectivity index (χ1n) is 8.00. The third kappa shape index (κ3) is 2.69. The van der Waals surface area contributed by atoms with Crippen molar-refractivity contribution in [1.29, 1.82) is 0 Å². The van der Waals surface area contributed by atoms with Crippen molar-refractivity contribution >= 4 is 21.7 Å². The second-order valence-electron chi connectivity index (χ2n) is 5.59. The van der Waals surface area contributed by atoms with E-state index in [-0.39, 0.29) is 29.1 Å². The van der Waals surface area contributed by atoms with Crippen LogP contribution in [0.3, 0.4) is 0 Å². The lowest BCUT2D eigenvalue weighted by molar-refractivity contribution is 0.281. The number of aliphatic hydroxyl groups excluding tert-OH is 1. The highest BCUT2D eigenvalue weighted by Gasteiger charge is 2.25. The largest absolute Gasteiger partial charge is 0.493 e. The fourth-order valence-corrected chi connectivity index (χ4v) is 3.22. The molecule has 3 aromatic rings. The highest BCUT2D eigenvalue weighted by atomic mass is 16.5. The fourth-order valence-electron chi connectivity index (χ4n) is 3.22. The Morgan fingerprint density at radius 1 is 0.815 bits per heavy atom. The molecule has 0 bridgehead atoms. The normalized spacial score (nSPS) is 10.9. The molecule has 144 valence electrons. The molecular weight excluding hydrogens is 356 g/mol. The Bertz CT molecular complexity index is 1070. The van der Waals surface area contributed by atoms with Crippen molar-refractivity contribution < 1.29 is 33.2 Å². The van der Waals surface area contributed by atoms with Gasteiger partial charge in [0.25, 0.3) is 0 Å². The van der Waals surface area contributed by atoms with Crippen LogP contribution in [0.1, 0.15) is 5.56 Å². The lowest BCUT2D eigenvalue weighted by Gasteiger charge is -2.18. The van der Waals surface area contributed by atoms with E-state index in [1.165, 1.54) is 41.6 Å². The Hall–Kier alpha value is -3.13. The Morgan fingerprint density at radius 3 is 1.93 bits per heavy atom. The van der Waals surface area contributed by atoms with Crippen molar-refractivity contribution in [3.8, 4) is 28.7 Å². The van der Waals surface area contributed by atoms with Gasteiger partial charge >= 0.3 is 5.63 Å². The van der Waals surface area contributed by atoms with Gasteiger partial charge in [-0.1, -0.05) is 0 Å². The molecule has 3 rings (SSSR count). The topological polar surface area (TPSA) is 96.6 Å². The van der Waals surface area contributed by atoms with Gasteiger partial charge < -0.3 is 33.2 Å². The minimum Gasteiger partial charge on any atom is -0.493 e. The Balaban J connectivity index is 2.69. The highest BCUT2D eigenvalue weighted by Crippen LogP contribution is 2.48. The molecule has 1 aromatic heterocycles. The average molecular weight is 376 g/mol. The number of hydrogen-bond donors (Lipinski definition) is 1. The fraction of sp³-hybridized carbons (Fsp3) is 0.316. The van der Waals surface area contributed by atoms with E-state index < -0.39 is 5.63 Å². The van der Waals surface area contributed by atoms with Gasteiger partial charge in [-0.25, -0.2) is 4.79 Å². The molecule has 0 aliphatic heterocycles. The van der Waals surface area contributed by atoms with Crippen LogP contribution in [0.4, 0.5) is 0 Å². The highest BCUT2D eigenvalue weighted by molar-refractivity contribution is 6.13. The number of benzene rings is 2. The van der Waals surface area contributed by atoms with Crippen LogP contribution in [0.5, 0.6) is 28.7 Å². The average Bonchev–Trinajstić information content (AvgIpc) is 2.70. The maximum absolute atomic E-state index is 12.7. The van der Waals surface area contributed by atoms with Crippen molar-refractivity contribution in [1.82, 2.24) is 0 Å². The SMILES string of the molecule is COc1cc2c(=O)oc3c(OC)c(OC)cc(CO)c3c2c(OC)c1OC. The molecular formula is C19H20O8. The van der Waals surface area contributed by atoms with Crippen LogP contribution >= 0.6 is 0 Å². The van der Waals surface area contributed by atoms with Crippen LogP contribution in [0.15, 0.2) is 21.3 Å². The molecule has 0 spiro atoms. The van der Waals surface area contributed by atoms with Gasteiger partial charge in [-0.3, -0.25) is 0 Å². The number of methoxy groups -OCH3 is 5. The summed E-state index contributed by atoms with van der Waals surface area (Å²) in [5.74, 6) is 1.49. The van der Waals surface area contributed by atoms with Crippen LogP contribution in [0.25, 0.3) is 21.7 Å². The van der Waals surface area contributed by atoms with Gasteiger partial charge in [-0.2, -0.15) is 0 Å². The summed E-state index contributed by atoms with van der Waals surface area (Å²) in [7, 11) is 7.27. The summed E-state index contributed by atoms with van der Waals surface area (Å²) >= 11 is 0. The molecule has 0 unspecified atom stereocenters. The third-order valence-electron chi connectivity index (χ3n) is 4.37. The summed E-state index contributed by atoms with van der Waals surface area (Å²) in [6, 6.07) is 3.14. The predicted octanol–water partition coefficient (Wildman–Crippen LogP) is 2.48. The number of hydrogen-bond acceptors (Lipinski definition) is 8. The molecule has 8 nitrogen and oxygen atoms in total. The molecule has 0 saturated carbocycles. The van der Waals surface area contributed by atoms with E-state index in [1.54, 1.807) is 6.07 Å². The van der Waals surface area contributed by atoms with E-state index in [9.17, 15) is 9.90 Å². The molecule has 0 aliphatic rings. The molecule has 8 heteroatoms. The van der Waals surface area contributed by atoms with Crippen molar-refractivity contribution in [2.75, 3.05) is 35.5 Å². The molecule has 0 amide bonds. The standard InChI is InChI=1S/C19H20O8/c1-22-11-6-9(8-20)13-14-10(19(21)27-18(13)16(11)25-4)7-12(23-2)15(24-3)17(14)26-5/h6-7,20H,8H2,1-5H3. The molecule has 1 heterocycles. The molecule has 0 atom stereocenters. The predicted molar refractivity (Wildman–Crippen MR) is 98.7 cm³/mol. The van der Waals surface area contributed by atoms with Gasteiger partial charge in [0.15, 0.2) is 22.8 Å².